The number of anilines is 1. The molecule has 5 heteroatoms. The van der Waals surface area contributed by atoms with Crippen molar-refractivity contribution in [1.82, 2.24) is 9.78 Å². The summed E-state index contributed by atoms with van der Waals surface area (Å²) < 4.78 is 1.88. The molecule has 0 saturated heterocycles. The second kappa shape index (κ2) is 6.89. The molecule has 2 aromatic carbocycles. The van der Waals surface area contributed by atoms with E-state index in [0.29, 0.717) is 0 Å². The maximum absolute atomic E-state index is 13.1. The third-order valence-corrected chi connectivity index (χ3v) is 5.94. The van der Waals surface area contributed by atoms with E-state index in [1.165, 1.54) is 11.1 Å². The third kappa shape index (κ3) is 3.28. The molecule has 138 valence electrons. The van der Waals surface area contributed by atoms with Crippen molar-refractivity contribution in [2.75, 3.05) is 5.32 Å². The molecule has 1 N–H and O–H groups in total. The minimum Gasteiger partial charge on any atom is -0.306 e. The Morgan fingerprint density at radius 3 is 2.33 bits per heavy atom. The van der Waals surface area contributed by atoms with Crippen molar-refractivity contribution in [3.63, 3.8) is 0 Å². The van der Waals surface area contributed by atoms with Gasteiger partial charge in [-0.1, -0.05) is 35.4 Å². The summed E-state index contributed by atoms with van der Waals surface area (Å²) in [6.07, 6.45) is 0. The van der Waals surface area contributed by atoms with Gasteiger partial charge >= 0.3 is 0 Å². The minimum atomic E-state index is -0.0713. The van der Waals surface area contributed by atoms with Crippen LogP contribution in [-0.4, -0.2) is 15.7 Å². The highest BCUT2D eigenvalue weighted by atomic mass is 32.2. The van der Waals surface area contributed by atoms with Crippen LogP contribution in [0.5, 0.6) is 0 Å². The maximum Gasteiger partial charge on any atom is 0.257 e. The number of amides is 1. The summed E-state index contributed by atoms with van der Waals surface area (Å²) in [5, 5.41) is 7.95. The molecule has 0 radical (unpaired) electrons. The largest absolute Gasteiger partial charge is 0.306 e. The molecule has 0 atom stereocenters. The van der Waals surface area contributed by atoms with Gasteiger partial charge in [0.2, 0.25) is 0 Å². The number of benzene rings is 2. The molecule has 3 aromatic rings. The second-order valence-corrected chi connectivity index (χ2v) is 8.23. The molecule has 0 aliphatic carbocycles. The van der Waals surface area contributed by atoms with E-state index in [0.717, 1.165) is 51.0 Å². The van der Waals surface area contributed by atoms with Crippen LogP contribution in [0.2, 0.25) is 0 Å². The smallest absolute Gasteiger partial charge is 0.257 e. The van der Waals surface area contributed by atoms with Crippen LogP contribution in [0, 0.1) is 27.7 Å². The number of carbonyl (C=O) groups excluding carboxylic acids is 1. The third-order valence-electron chi connectivity index (χ3n) is 4.97. The van der Waals surface area contributed by atoms with E-state index in [4.69, 9.17) is 5.10 Å². The van der Waals surface area contributed by atoms with E-state index >= 15 is 0 Å². The molecular weight excluding hydrogens is 354 g/mol. The predicted molar refractivity (Wildman–Crippen MR) is 112 cm³/mol. The molecule has 0 fully saturated rings. The van der Waals surface area contributed by atoms with Crippen LogP contribution in [0.1, 0.15) is 43.9 Å². The number of nitrogens with zero attached hydrogens (tertiary/aromatic N) is 2. The molecule has 1 aromatic heterocycles. The van der Waals surface area contributed by atoms with Crippen molar-refractivity contribution in [2.24, 2.45) is 0 Å². The Kier molecular flexibility index (Phi) is 4.56. The first kappa shape index (κ1) is 17.9. The molecule has 1 aliphatic heterocycles. The number of aromatic nitrogens is 2. The second-order valence-electron chi connectivity index (χ2n) is 7.24. The van der Waals surface area contributed by atoms with E-state index in [1.807, 2.05) is 42.4 Å². The highest BCUT2D eigenvalue weighted by Gasteiger charge is 2.25. The Bertz CT molecular complexity index is 1010. The number of carbonyl (C=O) groups is 1. The van der Waals surface area contributed by atoms with Gasteiger partial charge in [-0.15, -0.1) is 0 Å². The lowest BCUT2D eigenvalue weighted by Crippen LogP contribution is -2.18. The quantitative estimate of drug-likeness (QED) is 0.690. The van der Waals surface area contributed by atoms with Crippen molar-refractivity contribution >= 4 is 23.5 Å². The predicted octanol–water partition coefficient (Wildman–Crippen LogP) is 5.11. The Morgan fingerprint density at radius 2 is 1.67 bits per heavy atom. The summed E-state index contributed by atoms with van der Waals surface area (Å²) in [7, 11) is 0. The molecule has 0 spiro atoms. The zero-order valence-electron chi connectivity index (χ0n) is 16.1. The fourth-order valence-corrected chi connectivity index (χ4v) is 4.76. The summed E-state index contributed by atoms with van der Waals surface area (Å²) in [5.41, 5.74) is 8.28. The zero-order chi connectivity index (χ0) is 19.1. The Morgan fingerprint density at radius 1 is 1.00 bits per heavy atom. The Labute approximate surface area is 164 Å². The fourth-order valence-electron chi connectivity index (χ4n) is 3.72. The van der Waals surface area contributed by atoms with Gasteiger partial charge in [0, 0.05) is 22.6 Å². The van der Waals surface area contributed by atoms with Gasteiger partial charge in [-0.2, -0.15) is 16.9 Å². The van der Waals surface area contributed by atoms with Gasteiger partial charge in [0.1, 0.15) is 5.82 Å². The molecule has 4 nitrogen and oxygen atoms in total. The monoisotopic (exact) mass is 377 g/mol. The van der Waals surface area contributed by atoms with E-state index in [-0.39, 0.29) is 5.91 Å². The number of aryl methyl sites for hydroxylation is 4. The molecule has 1 amide bonds. The fraction of sp³-hybridized carbons (Fsp3) is 0.273. The number of nitrogens with one attached hydrogen (secondary N) is 1. The summed E-state index contributed by atoms with van der Waals surface area (Å²) in [6, 6.07) is 12.3. The average molecular weight is 378 g/mol. The van der Waals surface area contributed by atoms with Crippen molar-refractivity contribution in [2.45, 2.75) is 39.2 Å². The van der Waals surface area contributed by atoms with Gasteiger partial charge in [-0.3, -0.25) is 4.79 Å². The van der Waals surface area contributed by atoms with Crippen LogP contribution in [0.15, 0.2) is 36.4 Å². The summed E-state index contributed by atoms with van der Waals surface area (Å²) in [5.74, 6) is 2.49. The molecule has 4 rings (SSSR count). The van der Waals surface area contributed by atoms with Crippen molar-refractivity contribution < 1.29 is 4.79 Å². The normalized spacial score (nSPS) is 12.9. The lowest BCUT2D eigenvalue weighted by molar-refractivity contribution is 0.102. The van der Waals surface area contributed by atoms with Crippen LogP contribution >= 0.6 is 11.8 Å². The van der Waals surface area contributed by atoms with Gasteiger partial charge in [-0.05, 0) is 51.0 Å². The lowest BCUT2D eigenvalue weighted by Gasteiger charge is -2.14. The van der Waals surface area contributed by atoms with Gasteiger partial charge in [-0.25, -0.2) is 4.68 Å². The van der Waals surface area contributed by atoms with E-state index in [2.05, 4.69) is 43.4 Å². The lowest BCUT2D eigenvalue weighted by atomic mass is 9.99. The minimum absolute atomic E-state index is 0.0713. The Balaban J connectivity index is 1.76. The summed E-state index contributed by atoms with van der Waals surface area (Å²) in [4.78, 5) is 13.1. The van der Waals surface area contributed by atoms with Crippen LogP contribution < -0.4 is 5.32 Å². The standard InChI is InChI=1S/C22H23N3OS/c1-13-5-7-17(8-6-13)25-21(18-11-27-12-19(18)24-25)23-22(26)20-15(3)9-14(2)10-16(20)4/h5-10H,11-12H2,1-4H3,(H,23,26). The molecule has 0 bridgehead atoms. The first-order valence-corrected chi connectivity index (χ1v) is 10.2. The topological polar surface area (TPSA) is 46.9 Å². The van der Waals surface area contributed by atoms with Crippen molar-refractivity contribution in [1.29, 1.82) is 0 Å². The van der Waals surface area contributed by atoms with E-state index in [1.54, 1.807) is 0 Å². The van der Waals surface area contributed by atoms with Crippen molar-refractivity contribution in [3.8, 4) is 5.69 Å². The molecule has 27 heavy (non-hydrogen) atoms. The molecule has 2 heterocycles. The average Bonchev–Trinajstić information content (AvgIpc) is 3.17. The van der Waals surface area contributed by atoms with Gasteiger partial charge in [0.15, 0.2) is 0 Å². The SMILES string of the molecule is Cc1ccc(-n2nc3c(c2NC(=O)c2c(C)cc(C)cc2C)CSC3)cc1. The number of hydrogen-bond acceptors (Lipinski definition) is 3. The van der Waals surface area contributed by atoms with Crippen molar-refractivity contribution in [3.05, 3.63) is 75.5 Å². The van der Waals surface area contributed by atoms with Gasteiger partial charge < -0.3 is 5.32 Å². The molecular formula is C22H23N3OS. The van der Waals surface area contributed by atoms with Crippen LogP contribution in [0.4, 0.5) is 5.82 Å². The van der Waals surface area contributed by atoms with E-state index in [9.17, 15) is 4.79 Å². The highest BCUT2D eigenvalue weighted by molar-refractivity contribution is 7.98. The number of rotatable bonds is 3. The number of thioether (sulfide) groups is 1. The van der Waals surface area contributed by atoms with Crippen LogP contribution in [0.3, 0.4) is 0 Å². The first-order chi connectivity index (χ1) is 12.9. The molecule has 1 aliphatic rings. The number of hydrogen-bond donors (Lipinski definition) is 1. The first-order valence-electron chi connectivity index (χ1n) is 9.09. The summed E-state index contributed by atoms with van der Waals surface area (Å²) >= 11 is 1.83. The highest BCUT2D eigenvalue weighted by Crippen LogP contribution is 2.36. The number of fused-ring (bicyclic) bond motifs is 1. The molecule has 0 saturated carbocycles. The van der Waals surface area contributed by atoms with Gasteiger partial charge in [0.25, 0.3) is 5.91 Å². The Hall–Kier alpha value is -2.53. The molecule has 0 unspecified atom stereocenters. The maximum atomic E-state index is 13.1. The van der Waals surface area contributed by atoms with Crippen LogP contribution in [-0.2, 0) is 11.5 Å². The van der Waals surface area contributed by atoms with Gasteiger partial charge in [0.05, 0.1) is 11.4 Å². The van der Waals surface area contributed by atoms with Crippen LogP contribution in [0.25, 0.3) is 5.69 Å². The zero-order valence-corrected chi connectivity index (χ0v) is 16.9. The van der Waals surface area contributed by atoms with E-state index < -0.39 is 0 Å². The summed E-state index contributed by atoms with van der Waals surface area (Å²) in [6.45, 7) is 8.10.